The number of aromatic nitrogens is 3. The number of anilines is 1. The van der Waals surface area contributed by atoms with Gasteiger partial charge in [-0.3, -0.25) is 14.8 Å². The molecule has 4 rings (SSSR count). The molecule has 7 nitrogen and oxygen atoms in total. The van der Waals surface area contributed by atoms with Crippen LogP contribution in [0.2, 0.25) is 0 Å². The first kappa shape index (κ1) is 16.2. The number of H-pyrrole nitrogens is 1. The van der Waals surface area contributed by atoms with Gasteiger partial charge in [0.15, 0.2) is 5.82 Å². The number of ether oxygens (including phenoxy) is 1. The number of rotatable bonds is 4. The van der Waals surface area contributed by atoms with E-state index >= 15 is 0 Å². The molecule has 1 fully saturated rings. The Morgan fingerprint density at radius 1 is 1.36 bits per heavy atom. The van der Waals surface area contributed by atoms with Gasteiger partial charge in [-0.2, -0.15) is 5.10 Å². The number of carbonyl (C=O) groups excluding carboxylic acids is 1. The fourth-order valence-corrected chi connectivity index (χ4v) is 3.49. The molecule has 0 aliphatic carbocycles. The molecule has 1 amide bonds. The average molecular weight is 341 g/mol. The molecule has 2 aliphatic heterocycles. The van der Waals surface area contributed by atoms with Crippen molar-refractivity contribution in [2.24, 2.45) is 0 Å². The third-order valence-electron chi connectivity index (χ3n) is 4.87. The minimum atomic E-state index is -0.177. The Morgan fingerprint density at radius 2 is 2.24 bits per heavy atom. The summed E-state index contributed by atoms with van der Waals surface area (Å²) in [5.74, 6) is 1.69. The number of aromatic amines is 1. The van der Waals surface area contributed by atoms with E-state index in [2.05, 4.69) is 26.1 Å². The number of nitrogens with zero attached hydrogens (tertiary/aromatic N) is 4. The van der Waals surface area contributed by atoms with Crippen LogP contribution in [0.25, 0.3) is 0 Å². The maximum absolute atomic E-state index is 12.8. The summed E-state index contributed by atoms with van der Waals surface area (Å²) in [6, 6.07) is 8.15. The van der Waals surface area contributed by atoms with Gasteiger partial charge in [-0.25, -0.2) is 4.98 Å². The summed E-state index contributed by atoms with van der Waals surface area (Å²) >= 11 is 0. The second-order valence-electron chi connectivity index (χ2n) is 6.51. The molecule has 0 spiro atoms. The first-order chi connectivity index (χ1) is 12.2. The molecule has 0 saturated carbocycles. The number of morpholine rings is 1. The molecule has 7 heteroatoms. The highest BCUT2D eigenvalue weighted by molar-refractivity contribution is 5.96. The van der Waals surface area contributed by atoms with Crippen LogP contribution < -0.4 is 4.90 Å². The number of carbonyl (C=O) groups is 1. The smallest absolute Gasteiger partial charge is 0.241 e. The summed E-state index contributed by atoms with van der Waals surface area (Å²) < 4.78 is 5.80. The second-order valence-corrected chi connectivity index (χ2v) is 6.51. The van der Waals surface area contributed by atoms with E-state index < -0.39 is 0 Å². The Balaban J connectivity index is 1.40. The number of benzene rings is 1. The molecule has 0 bridgehead atoms. The van der Waals surface area contributed by atoms with Crippen molar-refractivity contribution in [3.05, 3.63) is 41.5 Å². The summed E-state index contributed by atoms with van der Waals surface area (Å²) in [5, 5.41) is 7.18. The molecule has 2 aromatic rings. The van der Waals surface area contributed by atoms with Gasteiger partial charge in [-0.05, 0) is 18.1 Å². The Bertz CT molecular complexity index is 759. The molecule has 1 aromatic heterocycles. The zero-order valence-corrected chi connectivity index (χ0v) is 14.4. The molecule has 1 aromatic carbocycles. The van der Waals surface area contributed by atoms with Crippen molar-refractivity contribution in [1.29, 1.82) is 0 Å². The number of aryl methyl sites for hydroxylation is 1. The molecule has 1 N–H and O–H groups in total. The molecule has 25 heavy (non-hydrogen) atoms. The monoisotopic (exact) mass is 341 g/mol. The van der Waals surface area contributed by atoms with Crippen LogP contribution in [0.1, 0.15) is 30.2 Å². The first-order valence-electron chi connectivity index (χ1n) is 8.88. The van der Waals surface area contributed by atoms with Crippen LogP contribution in [-0.4, -0.2) is 58.8 Å². The van der Waals surface area contributed by atoms with Crippen molar-refractivity contribution >= 4 is 11.6 Å². The molecule has 2 aliphatic rings. The molecule has 1 atom stereocenters. The normalized spacial score (nSPS) is 20.7. The third kappa shape index (κ3) is 3.29. The first-order valence-corrected chi connectivity index (χ1v) is 8.88. The molecular formula is C18H23N5O2. The lowest BCUT2D eigenvalue weighted by Crippen LogP contribution is -2.45. The van der Waals surface area contributed by atoms with E-state index in [9.17, 15) is 4.79 Å². The van der Waals surface area contributed by atoms with E-state index in [4.69, 9.17) is 4.74 Å². The molecule has 1 saturated heterocycles. The van der Waals surface area contributed by atoms with Gasteiger partial charge in [-0.1, -0.05) is 25.1 Å². The summed E-state index contributed by atoms with van der Waals surface area (Å²) in [6.07, 6.45) is 1.57. The van der Waals surface area contributed by atoms with Crippen molar-refractivity contribution in [2.75, 3.05) is 37.7 Å². The summed E-state index contributed by atoms with van der Waals surface area (Å²) in [6.45, 7) is 5.19. The van der Waals surface area contributed by atoms with Gasteiger partial charge < -0.3 is 9.64 Å². The van der Waals surface area contributed by atoms with Gasteiger partial charge in [0.1, 0.15) is 11.9 Å². The van der Waals surface area contributed by atoms with Crippen LogP contribution in [0.4, 0.5) is 5.69 Å². The van der Waals surface area contributed by atoms with E-state index in [0.717, 1.165) is 37.4 Å². The molecule has 0 radical (unpaired) electrons. The third-order valence-corrected chi connectivity index (χ3v) is 4.87. The lowest BCUT2D eigenvalue weighted by atomic mass is 10.2. The minimum Gasteiger partial charge on any atom is -0.367 e. The highest BCUT2D eigenvalue weighted by Gasteiger charge is 2.29. The van der Waals surface area contributed by atoms with E-state index in [1.54, 1.807) is 0 Å². The van der Waals surface area contributed by atoms with E-state index in [0.29, 0.717) is 25.5 Å². The van der Waals surface area contributed by atoms with Crippen LogP contribution >= 0.6 is 0 Å². The van der Waals surface area contributed by atoms with Gasteiger partial charge in [0.2, 0.25) is 5.91 Å². The summed E-state index contributed by atoms with van der Waals surface area (Å²) in [4.78, 5) is 21.3. The zero-order valence-electron chi connectivity index (χ0n) is 14.4. The van der Waals surface area contributed by atoms with Crippen molar-refractivity contribution in [2.45, 2.75) is 25.9 Å². The highest BCUT2D eigenvalue weighted by atomic mass is 16.5. The average Bonchev–Trinajstić information content (AvgIpc) is 3.29. The van der Waals surface area contributed by atoms with Crippen LogP contribution in [0.3, 0.4) is 0 Å². The Labute approximate surface area is 147 Å². The summed E-state index contributed by atoms with van der Waals surface area (Å²) in [5.41, 5.74) is 2.31. The lowest BCUT2D eigenvalue weighted by Gasteiger charge is -2.32. The fraction of sp³-hybridized carbons (Fsp3) is 0.500. The molecular weight excluding hydrogens is 318 g/mol. The van der Waals surface area contributed by atoms with Crippen molar-refractivity contribution in [3.8, 4) is 0 Å². The Morgan fingerprint density at radius 3 is 3.08 bits per heavy atom. The molecule has 3 heterocycles. The van der Waals surface area contributed by atoms with E-state index in [-0.39, 0.29) is 12.0 Å². The standard InChI is InChI=1S/C18H23N5O2/c1-2-16-19-18(21-20-16)15-11-22(9-10-25-15)12-17(24)23-8-7-13-5-3-4-6-14(13)23/h3-6,15H,2,7-12H2,1H3,(H,19,20,21)/t15-/m0/s1. The topological polar surface area (TPSA) is 74.3 Å². The lowest BCUT2D eigenvalue weighted by molar-refractivity contribution is -0.121. The predicted molar refractivity (Wildman–Crippen MR) is 93.4 cm³/mol. The summed E-state index contributed by atoms with van der Waals surface area (Å²) in [7, 11) is 0. The van der Waals surface area contributed by atoms with Crippen LogP contribution in [-0.2, 0) is 22.4 Å². The highest BCUT2D eigenvalue weighted by Crippen LogP contribution is 2.28. The largest absolute Gasteiger partial charge is 0.367 e. The predicted octanol–water partition coefficient (Wildman–Crippen LogP) is 1.33. The van der Waals surface area contributed by atoms with Crippen LogP contribution in [0.5, 0.6) is 0 Å². The maximum Gasteiger partial charge on any atom is 0.241 e. The van der Waals surface area contributed by atoms with Gasteiger partial charge in [0.05, 0.1) is 13.2 Å². The Kier molecular flexibility index (Phi) is 4.50. The minimum absolute atomic E-state index is 0.148. The number of hydrogen-bond acceptors (Lipinski definition) is 5. The van der Waals surface area contributed by atoms with Crippen molar-refractivity contribution in [1.82, 2.24) is 20.1 Å². The fourth-order valence-electron chi connectivity index (χ4n) is 3.49. The van der Waals surface area contributed by atoms with Crippen molar-refractivity contribution in [3.63, 3.8) is 0 Å². The number of hydrogen-bond donors (Lipinski definition) is 1. The second kappa shape index (κ2) is 6.93. The van der Waals surface area contributed by atoms with E-state index in [1.165, 1.54) is 5.56 Å². The van der Waals surface area contributed by atoms with Gasteiger partial charge >= 0.3 is 0 Å². The number of amides is 1. The van der Waals surface area contributed by atoms with Crippen LogP contribution in [0.15, 0.2) is 24.3 Å². The zero-order chi connectivity index (χ0) is 17.2. The number of nitrogens with one attached hydrogen (secondary N) is 1. The number of para-hydroxylation sites is 1. The van der Waals surface area contributed by atoms with Gasteiger partial charge in [0, 0.05) is 31.7 Å². The Hall–Kier alpha value is -2.25. The molecule has 132 valence electrons. The van der Waals surface area contributed by atoms with Gasteiger partial charge in [0.25, 0.3) is 0 Å². The quantitative estimate of drug-likeness (QED) is 0.908. The van der Waals surface area contributed by atoms with E-state index in [1.807, 2.05) is 30.0 Å². The van der Waals surface area contributed by atoms with Gasteiger partial charge in [-0.15, -0.1) is 0 Å². The van der Waals surface area contributed by atoms with Crippen LogP contribution in [0, 0.1) is 0 Å². The van der Waals surface area contributed by atoms with Crippen molar-refractivity contribution < 1.29 is 9.53 Å². The molecule has 0 unspecified atom stereocenters. The number of fused-ring (bicyclic) bond motifs is 1. The SMILES string of the molecule is CCc1nc([C@@H]2CN(CC(=O)N3CCc4ccccc43)CCO2)n[nH]1. The maximum atomic E-state index is 12.8.